The molecule has 0 saturated carbocycles. The lowest BCUT2D eigenvalue weighted by atomic mass is 10.1. The van der Waals surface area contributed by atoms with Crippen molar-refractivity contribution < 1.29 is 4.79 Å². The number of guanidine groups is 1. The van der Waals surface area contributed by atoms with Crippen molar-refractivity contribution in [2.75, 3.05) is 39.3 Å². The van der Waals surface area contributed by atoms with E-state index in [1.54, 1.807) is 0 Å². The predicted molar refractivity (Wildman–Crippen MR) is 127 cm³/mol. The van der Waals surface area contributed by atoms with Gasteiger partial charge in [-0.1, -0.05) is 12.8 Å². The van der Waals surface area contributed by atoms with Gasteiger partial charge in [-0.25, -0.2) is 0 Å². The summed E-state index contributed by atoms with van der Waals surface area (Å²) in [6.45, 7) is 9.69. The molecule has 0 aliphatic carbocycles. The lowest BCUT2D eigenvalue weighted by molar-refractivity contribution is -0.122. The number of aliphatic imine (C=N–C) groups is 1. The Morgan fingerprint density at radius 3 is 2.55 bits per heavy atom. The molecule has 0 aliphatic heterocycles. The maximum atomic E-state index is 12.0. The van der Waals surface area contributed by atoms with Crippen LogP contribution in [0.4, 0.5) is 0 Å². The summed E-state index contributed by atoms with van der Waals surface area (Å²) in [7, 11) is 0. The van der Waals surface area contributed by atoms with Crippen LogP contribution in [0.25, 0.3) is 0 Å². The zero-order valence-corrected chi connectivity index (χ0v) is 19.4. The molecule has 31 heavy (non-hydrogen) atoms. The summed E-state index contributed by atoms with van der Waals surface area (Å²) in [6, 6.07) is 1.59. The van der Waals surface area contributed by atoms with Gasteiger partial charge in [0, 0.05) is 38.4 Å². The van der Waals surface area contributed by atoms with Gasteiger partial charge in [0.2, 0.25) is 5.91 Å². The fourth-order valence-electron chi connectivity index (χ4n) is 3.46. The molecule has 10 heteroatoms. The van der Waals surface area contributed by atoms with Gasteiger partial charge in [-0.05, 0) is 52.1 Å². The highest BCUT2D eigenvalue weighted by Crippen LogP contribution is 2.05. The van der Waals surface area contributed by atoms with E-state index in [9.17, 15) is 4.79 Å². The van der Waals surface area contributed by atoms with Gasteiger partial charge in [0.15, 0.2) is 5.96 Å². The fraction of sp³-hybridized carbons (Fsp3) is 0.762. The van der Waals surface area contributed by atoms with Crippen LogP contribution in [0.1, 0.15) is 49.9 Å². The number of carbonyl (C=O) groups is 1. The maximum absolute atomic E-state index is 12.0. The van der Waals surface area contributed by atoms with E-state index in [1.807, 2.05) is 6.92 Å². The number of nitrogens with one attached hydrogen (secondary N) is 1. The Morgan fingerprint density at radius 2 is 1.90 bits per heavy atom. The monoisotopic (exact) mass is 437 g/mol. The lowest BCUT2D eigenvalue weighted by Crippen LogP contribution is -2.41. The Hall–Kier alpha value is -2.17. The minimum absolute atomic E-state index is 0.0623. The van der Waals surface area contributed by atoms with E-state index in [0.29, 0.717) is 32.5 Å². The summed E-state index contributed by atoms with van der Waals surface area (Å²) in [4.78, 5) is 18.3. The standard InChI is InChI=1S/C21H43N9O/c1-17-16-18(2)30(28-17)15-14-29(13-9-22)12-6-4-3-5-10-26-20(31)19(23)8-7-11-27-21(24)25/h16,19H,3-15,22-23H2,1-2H3,(H,26,31)(H4,24,25,27)/t19-/m0/s1. The zero-order chi connectivity index (χ0) is 23.1. The van der Waals surface area contributed by atoms with Gasteiger partial charge >= 0.3 is 0 Å². The first kappa shape index (κ1) is 26.9. The smallest absolute Gasteiger partial charge is 0.236 e. The number of hydrogen-bond acceptors (Lipinski definition) is 6. The SMILES string of the molecule is Cc1cc(C)n(CCN(CCN)CCCCCCNC(=O)[C@@H](N)CCCN=C(N)N)n1. The molecule has 0 spiro atoms. The van der Waals surface area contributed by atoms with Crippen LogP contribution in [0.15, 0.2) is 11.1 Å². The second kappa shape index (κ2) is 15.6. The second-order valence-corrected chi connectivity index (χ2v) is 8.04. The zero-order valence-electron chi connectivity index (χ0n) is 19.4. The number of hydrogen-bond donors (Lipinski definition) is 5. The third-order valence-corrected chi connectivity index (χ3v) is 5.18. The Balaban J connectivity index is 2.11. The van der Waals surface area contributed by atoms with Crippen molar-refractivity contribution in [1.29, 1.82) is 0 Å². The van der Waals surface area contributed by atoms with Crippen LogP contribution < -0.4 is 28.3 Å². The number of aryl methyl sites for hydroxylation is 2. The van der Waals surface area contributed by atoms with Gasteiger partial charge in [0.25, 0.3) is 0 Å². The first-order chi connectivity index (χ1) is 14.8. The molecule has 1 aromatic heterocycles. The third kappa shape index (κ3) is 12.3. The maximum Gasteiger partial charge on any atom is 0.236 e. The third-order valence-electron chi connectivity index (χ3n) is 5.18. The highest BCUT2D eigenvalue weighted by Gasteiger charge is 2.12. The molecule has 10 nitrogen and oxygen atoms in total. The Kier molecular flexibility index (Phi) is 13.5. The van der Waals surface area contributed by atoms with Gasteiger partial charge in [-0.2, -0.15) is 5.10 Å². The molecule has 0 bridgehead atoms. The van der Waals surface area contributed by atoms with E-state index < -0.39 is 6.04 Å². The molecule has 1 rings (SSSR count). The average molecular weight is 438 g/mol. The van der Waals surface area contributed by atoms with E-state index in [4.69, 9.17) is 22.9 Å². The lowest BCUT2D eigenvalue weighted by Gasteiger charge is -2.21. The first-order valence-electron chi connectivity index (χ1n) is 11.4. The molecule has 1 atom stereocenters. The Morgan fingerprint density at radius 1 is 1.16 bits per heavy atom. The van der Waals surface area contributed by atoms with Crippen LogP contribution in [0.5, 0.6) is 0 Å². The molecular formula is C21H43N9O. The average Bonchev–Trinajstić information content (AvgIpc) is 3.04. The minimum atomic E-state index is -0.513. The van der Waals surface area contributed by atoms with Crippen LogP contribution in [-0.2, 0) is 11.3 Å². The molecule has 1 heterocycles. The molecule has 0 unspecified atom stereocenters. The Labute approximate surface area is 186 Å². The van der Waals surface area contributed by atoms with E-state index in [1.165, 1.54) is 5.69 Å². The number of unbranched alkanes of at least 4 members (excludes halogenated alkanes) is 3. The van der Waals surface area contributed by atoms with Crippen LogP contribution in [-0.4, -0.2) is 71.9 Å². The summed E-state index contributed by atoms with van der Waals surface area (Å²) < 4.78 is 2.06. The number of nitrogens with two attached hydrogens (primary N) is 4. The normalized spacial score (nSPS) is 12.2. The van der Waals surface area contributed by atoms with Crippen molar-refractivity contribution in [3.05, 3.63) is 17.5 Å². The molecule has 1 amide bonds. The predicted octanol–water partition coefficient (Wildman–Crippen LogP) is -0.182. The molecule has 0 saturated heterocycles. The van der Waals surface area contributed by atoms with Gasteiger partial charge < -0.3 is 33.2 Å². The summed E-state index contributed by atoms with van der Waals surface area (Å²) in [6.07, 6.45) is 5.53. The van der Waals surface area contributed by atoms with Gasteiger partial charge in [-0.15, -0.1) is 0 Å². The number of nitrogens with zero attached hydrogens (tertiary/aromatic N) is 4. The van der Waals surface area contributed by atoms with E-state index in [2.05, 4.69) is 38.0 Å². The van der Waals surface area contributed by atoms with E-state index in [-0.39, 0.29) is 11.9 Å². The minimum Gasteiger partial charge on any atom is -0.370 e. The molecule has 0 radical (unpaired) electrons. The highest BCUT2D eigenvalue weighted by atomic mass is 16.2. The van der Waals surface area contributed by atoms with Crippen LogP contribution >= 0.6 is 0 Å². The molecule has 9 N–H and O–H groups in total. The van der Waals surface area contributed by atoms with E-state index in [0.717, 1.165) is 57.6 Å². The molecular weight excluding hydrogens is 394 g/mol. The van der Waals surface area contributed by atoms with Crippen molar-refractivity contribution in [2.45, 2.75) is 65.0 Å². The van der Waals surface area contributed by atoms with Crippen molar-refractivity contribution in [3.8, 4) is 0 Å². The van der Waals surface area contributed by atoms with Crippen molar-refractivity contribution in [3.63, 3.8) is 0 Å². The van der Waals surface area contributed by atoms with Gasteiger partial charge in [0.05, 0.1) is 18.3 Å². The number of amides is 1. The summed E-state index contributed by atoms with van der Waals surface area (Å²) in [5, 5.41) is 7.44. The number of aromatic nitrogens is 2. The summed E-state index contributed by atoms with van der Waals surface area (Å²) in [5.74, 6) is -0.0461. The molecule has 0 aliphatic rings. The number of carbonyl (C=O) groups excluding carboxylic acids is 1. The molecule has 0 aromatic carbocycles. The Bertz CT molecular complexity index is 655. The highest BCUT2D eigenvalue weighted by molar-refractivity contribution is 5.81. The van der Waals surface area contributed by atoms with Crippen LogP contribution in [0.3, 0.4) is 0 Å². The summed E-state index contributed by atoms with van der Waals surface area (Å²) in [5.41, 5.74) is 24.5. The topological polar surface area (TPSA) is 167 Å². The van der Waals surface area contributed by atoms with Crippen LogP contribution in [0.2, 0.25) is 0 Å². The van der Waals surface area contributed by atoms with Crippen LogP contribution in [0, 0.1) is 13.8 Å². The summed E-state index contributed by atoms with van der Waals surface area (Å²) >= 11 is 0. The van der Waals surface area contributed by atoms with Crippen molar-refractivity contribution in [2.24, 2.45) is 27.9 Å². The fourth-order valence-corrected chi connectivity index (χ4v) is 3.46. The number of rotatable bonds is 17. The van der Waals surface area contributed by atoms with Crippen molar-refractivity contribution >= 4 is 11.9 Å². The van der Waals surface area contributed by atoms with E-state index >= 15 is 0 Å². The molecule has 1 aromatic rings. The second-order valence-electron chi connectivity index (χ2n) is 8.04. The van der Waals surface area contributed by atoms with Gasteiger partial charge in [0.1, 0.15) is 0 Å². The van der Waals surface area contributed by atoms with Gasteiger partial charge in [-0.3, -0.25) is 14.5 Å². The first-order valence-corrected chi connectivity index (χ1v) is 11.4. The quantitative estimate of drug-likeness (QED) is 0.128. The largest absolute Gasteiger partial charge is 0.370 e. The van der Waals surface area contributed by atoms with Crippen molar-refractivity contribution in [1.82, 2.24) is 20.0 Å². The molecule has 0 fully saturated rings. The molecule has 178 valence electrons.